The molecule has 0 bridgehead atoms. The molecule has 2 heteroatoms. The number of aryl methyl sites for hydroxylation is 1. The van der Waals surface area contributed by atoms with Crippen molar-refractivity contribution in [3.05, 3.63) is 35.4 Å². The number of rotatable bonds is 4. The standard InChI is InChI=1S/C14H18O2/c1-3-16-14(15)13-9-12(13)8-11-6-4-10(2)5-7-11/h4-7,12-13H,3,8-9H2,1-2H3. The molecule has 0 radical (unpaired) electrons. The highest BCUT2D eigenvalue weighted by Gasteiger charge is 2.43. The third-order valence-corrected chi connectivity index (χ3v) is 3.13. The number of carbonyl (C=O) groups is 1. The first-order valence-corrected chi connectivity index (χ1v) is 5.93. The van der Waals surface area contributed by atoms with Crippen molar-refractivity contribution in [3.63, 3.8) is 0 Å². The van der Waals surface area contributed by atoms with Gasteiger partial charge in [-0.05, 0) is 38.2 Å². The fourth-order valence-electron chi connectivity index (χ4n) is 2.04. The first-order valence-electron chi connectivity index (χ1n) is 5.93. The Kier molecular flexibility index (Phi) is 3.28. The fourth-order valence-corrected chi connectivity index (χ4v) is 2.04. The molecule has 86 valence electrons. The molecule has 1 fully saturated rings. The van der Waals surface area contributed by atoms with E-state index in [2.05, 4.69) is 31.2 Å². The van der Waals surface area contributed by atoms with Gasteiger partial charge in [0.05, 0.1) is 12.5 Å². The van der Waals surface area contributed by atoms with E-state index in [1.165, 1.54) is 11.1 Å². The summed E-state index contributed by atoms with van der Waals surface area (Å²) in [5, 5.41) is 0. The van der Waals surface area contributed by atoms with Crippen molar-refractivity contribution in [2.75, 3.05) is 6.61 Å². The molecule has 1 saturated carbocycles. The van der Waals surface area contributed by atoms with Crippen molar-refractivity contribution in [2.24, 2.45) is 11.8 Å². The zero-order chi connectivity index (χ0) is 11.5. The zero-order valence-corrected chi connectivity index (χ0v) is 9.90. The molecule has 2 atom stereocenters. The molecule has 0 aliphatic heterocycles. The van der Waals surface area contributed by atoms with E-state index < -0.39 is 0 Å². The topological polar surface area (TPSA) is 26.3 Å². The molecular formula is C14H18O2. The number of hydrogen-bond acceptors (Lipinski definition) is 2. The van der Waals surface area contributed by atoms with Gasteiger partial charge in [-0.2, -0.15) is 0 Å². The van der Waals surface area contributed by atoms with Crippen LogP contribution in [-0.4, -0.2) is 12.6 Å². The lowest BCUT2D eigenvalue weighted by molar-refractivity contribution is -0.145. The number of benzene rings is 1. The van der Waals surface area contributed by atoms with E-state index >= 15 is 0 Å². The number of hydrogen-bond donors (Lipinski definition) is 0. The summed E-state index contributed by atoms with van der Waals surface area (Å²) in [4.78, 5) is 11.4. The van der Waals surface area contributed by atoms with Crippen LogP contribution in [0.15, 0.2) is 24.3 Å². The molecule has 1 aromatic rings. The molecule has 1 aliphatic rings. The van der Waals surface area contributed by atoms with E-state index in [4.69, 9.17) is 4.74 Å². The summed E-state index contributed by atoms with van der Waals surface area (Å²) in [6.07, 6.45) is 2.00. The molecule has 2 nitrogen and oxygen atoms in total. The Bertz CT molecular complexity index is 367. The van der Waals surface area contributed by atoms with E-state index in [1.807, 2.05) is 6.92 Å². The monoisotopic (exact) mass is 218 g/mol. The van der Waals surface area contributed by atoms with Crippen molar-refractivity contribution < 1.29 is 9.53 Å². The number of ether oxygens (including phenoxy) is 1. The number of carbonyl (C=O) groups excluding carboxylic acids is 1. The largest absolute Gasteiger partial charge is 0.466 e. The van der Waals surface area contributed by atoms with Crippen LogP contribution in [-0.2, 0) is 16.0 Å². The Morgan fingerprint density at radius 1 is 1.38 bits per heavy atom. The van der Waals surface area contributed by atoms with Crippen LogP contribution < -0.4 is 0 Å². The van der Waals surface area contributed by atoms with Crippen molar-refractivity contribution in [1.82, 2.24) is 0 Å². The smallest absolute Gasteiger partial charge is 0.309 e. The Morgan fingerprint density at radius 2 is 2.06 bits per heavy atom. The summed E-state index contributed by atoms with van der Waals surface area (Å²) in [5.41, 5.74) is 2.60. The van der Waals surface area contributed by atoms with Crippen LogP contribution in [0.5, 0.6) is 0 Å². The van der Waals surface area contributed by atoms with Gasteiger partial charge in [-0.25, -0.2) is 0 Å². The second-order valence-electron chi connectivity index (χ2n) is 4.54. The van der Waals surface area contributed by atoms with Gasteiger partial charge >= 0.3 is 5.97 Å². The normalized spacial score (nSPS) is 22.9. The molecule has 16 heavy (non-hydrogen) atoms. The summed E-state index contributed by atoms with van der Waals surface area (Å²) in [6.45, 7) is 4.43. The van der Waals surface area contributed by atoms with Crippen molar-refractivity contribution in [3.8, 4) is 0 Å². The van der Waals surface area contributed by atoms with Gasteiger partial charge in [0, 0.05) is 0 Å². The van der Waals surface area contributed by atoms with E-state index in [0.717, 1.165) is 12.8 Å². The lowest BCUT2D eigenvalue weighted by Gasteiger charge is -2.02. The third kappa shape index (κ3) is 2.63. The minimum absolute atomic E-state index is 0.0142. The molecule has 0 saturated heterocycles. The van der Waals surface area contributed by atoms with Crippen molar-refractivity contribution >= 4 is 5.97 Å². The van der Waals surface area contributed by atoms with Crippen molar-refractivity contribution in [2.45, 2.75) is 26.7 Å². The second-order valence-corrected chi connectivity index (χ2v) is 4.54. The fraction of sp³-hybridized carbons (Fsp3) is 0.500. The maximum Gasteiger partial charge on any atom is 0.309 e. The average Bonchev–Trinajstić information content (AvgIpc) is 3.01. The quantitative estimate of drug-likeness (QED) is 0.726. The van der Waals surface area contributed by atoms with E-state index in [-0.39, 0.29) is 11.9 Å². The highest BCUT2D eigenvalue weighted by Crippen LogP contribution is 2.41. The summed E-state index contributed by atoms with van der Waals surface area (Å²) < 4.78 is 5.01. The predicted octanol–water partition coefficient (Wildman–Crippen LogP) is 2.74. The molecule has 0 amide bonds. The molecule has 0 spiro atoms. The SMILES string of the molecule is CCOC(=O)C1CC1Cc1ccc(C)cc1. The maximum absolute atomic E-state index is 11.4. The zero-order valence-electron chi connectivity index (χ0n) is 9.90. The van der Waals surface area contributed by atoms with Gasteiger partial charge in [-0.3, -0.25) is 4.79 Å². The van der Waals surface area contributed by atoms with Crippen LogP contribution in [0.3, 0.4) is 0 Å². The third-order valence-electron chi connectivity index (χ3n) is 3.13. The average molecular weight is 218 g/mol. The van der Waals surface area contributed by atoms with Crippen molar-refractivity contribution in [1.29, 1.82) is 0 Å². The van der Waals surface area contributed by atoms with Crippen LogP contribution in [0.4, 0.5) is 0 Å². The summed E-state index contributed by atoms with van der Waals surface area (Å²) in [7, 11) is 0. The van der Waals surface area contributed by atoms with Gasteiger partial charge < -0.3 is 4.74 Å². The van der Waals surface area contributed by atoms with Crippen LogP contribution in [0.2, 0.25) is 0 Å². The first kappa shape index (κ1) is 11.2. The molecule has 0 aromatic heterocycles. The highest BCUT2D eigenvalue weighted by molar-refractivity contribution is 5.75. The van der Waals surface area contributed by atoms with Gasteiger partial charge in [-0.1, -0.05) is 29.8 Å². The van der Waals surface area contributed by atoms with E-state index in [0.29, 0.717) is 12.5 Å². The second kappa shape index (κ2) is 4.69. The lowest BCUT2D eigenvalue weighted by Crippen LogP contribution is -2.08. The van der Waals surface area contributed by atoms with Crippen LogP contribution >= 0.6 is 0 Å². The summed E-state index contributed by atoms with van der Waals surface area (Å²) in [5.74, 6) is 0.641. The summed E-state index contributed by atoms with van der Waals surface area (Å²) >= 11 is 0. The Balaban J connectivity index is 1.85. The predicted molar refractivity (Wildman–Crippen MR) is 63.1 cm³/mol. The lowest BCUT2D eigenvalue weighted by atomic mass is 10.1. The summed E-state index contributed by atoms with van der Waals surface area (Å²) in [6, 6.07) is 8.54. The van der Waals surface area contributed by atoms with Gasteiger partial charge in [0.2, 0.25) is 0 Å². The molecule has 1 aromatic carbocycles. The molecule has 1 aliphatic carbocycles. The van der Waals surface area contributed by atoms with Crippen LogP contribution in [0, 0.1) is 18.8 Å². The minimum Gasteiger partial charge on any atom is -0.466 e. The number of esters is 1. The van der Waals surface area contributed by atoms with Gasteiger partial charge in [0.15, 0.2) is 0 Å². The van der Waals surface area contributed by atoms with Gasteiger partial charge in [0.1, 0.15) is 0 Å². The van der Waals surface area contributed by atoms with Crippen LogP contribution in [0.25, 0.3) is 0 Å². The Hall–Kier alpha value is -1.31. The maximum atomic E-state index is 11.4. The molecule has 2 unspecified atom stereocenters. The molecule has 2 rings (SSSR count). The Labute approximate surface area is 96.6 Å². The van der Waals surface area contributed by atoms with Gasteiger partial charge in [0.25, 0.3) is 0 Å². The molecule has 0 heterocycles. The highest BCUT2D eigenvalue weighted by atomic mass is 16.5. The minimum atomic E-state index is -0.0142. The molecule has 0 N–H and O–H groups in total. The molecular weight excluding hydrogens is 200 g/mol. The van der Waals surface area contributed by atoms with E-state index in [9.17, 15) is 4.79 Å². The first-order chi connectivity index (χ1) is 7.70. The Morgan fingerprint density at radius 3 is 2.69 bits per heavy atom. The van der Waals surface area contributed by atoms with Gasteiger partial charge in [-0.15, -0.1) is 0 Å². The van der Waals surface area contributed by atoms with E-state index in [1.54, 1.807) is 0 Å². The van der Waals surface area contributed by atoms with Crippen LogP contribution in [0.1, 0.15) is 24.5 Å².